The van der Waals surface area contributed by atoms with Crippen molar-refractivity contribution >= 4 is 11.9 Å². The van der Waals surface area contributed by atoms with Gasteiger partial charge in [0.15, 0.2) is 11.9 Å². The van der Waals surface area contributed by atoms with Crippen LogP contribution in [0.2, 0.25) is 0 Å². The number of aromatic nitrogens is 3. The van der Waals surface area contributed by atoms with Gasteiger partial charge < -0.3 is 4.74 Å². The highest BCUT2D eigenvalue weighted by Gasteiger charge is 2.02. The molecule has 5 heteroatoms. The van der Waals surface area contributed by atoms with Crippen LogP contribution in [0, 0.1) is 0 Å². The zero-order valence-corrected chi connectivity index (χ0v) is 6.97. The van der Waals surface area contributed by atoms with Crippen molar-refractivity contribution < 1.29 is 9.53 Å². The summed E-state index contributed by atoms with van der Waals surface area (Å²) >= 11 is 0. The minimum atomic E-state index is 0.362. The van der Waals surface area contributed by atoms with Gasteiger partial charge in [-0.05, 0) is 0 Å². The molecule has 0 radical (unpaired) electrons. The fourth-order valence-corrected chi connectivity index (χ4v) is 1.05. The molecule has 0 aliphatic rings. The first kappa shape index (κ1) is 7.72. The van der Waals surface area contributed by atoms with Crippen LogP contribution in [0.25, 0.3) is 5.65 Å². The Labute approximate surface area is 74.0 Å². The van der Waals surface area contributed by atoms with Crippen molar-refractivity contribution in [3.05, 3.63) is 24.0 Å². The van der Waals surface area contributed by atoms with Gasteiger partial charge in [-0.1, -0.05) is 0 Å². The molecule has 2 heterocycles. The number of ether oxygens (including phenoxy) is 1. The first-order valence-corrected chi connectivity index (χ1v) is 3.69. The van der Waals surface area contributed by atoms with Crippen LogP contribution in [0.1, 0.15) is 10.5 Å². The molecule has 66 valence electrons. The normalized spacial score (nSPS) is 10.2. The second kappa shape index (κ2) is 2.85. The molecule has 0 saturated heterocycles. The van der Waals surface area contributed by atoms with Gasteiger partial charge in [0.25, 0.3) is 0 Å². The Morgan fingerprint density at radius 2 is 2.46 bits per heavy atom. The van der Waals surface area contributed by atoms with Crippen LogP contribution in [-0.4, -0.2) is 28.0 Å². The minimum absolute atomic E-state index is 0.362. The molecule has 5 nitrogen and oxygen atoms in total. The van der Waals surface area contributed by atoms with Gasteiger partial charge in [-0.25, -0.2) is 4.52 Å². The predicted molar refractivity (Wildman–Crippen MR) is 44.9 cm³/mol. The minimum Gasteiger partial charge on any atom is -0.481 e. The summed E-state index contributed by atoms with van der Waals surface area (Å²) in [5, 5.41) is 3.94. The van der Waals surface area contributed by atoms with Crippen LogP contribution in [-0.2, 0) is 0 Å². The van der Waals surface area contributed by atoms with Crippen molar-refractivity contribution in [3.8, 4) is 5.88 Å². The van der Waals surface area contributed by atoms with E-state index in [2.05, 4.69) is 10.1 Å². The monoisotopic (exact) mass is 177 g/mol. The summed E-state index contributed by atoms with van der Waals surface area (Å²) in [5.41, 5.74) is 0.960. The molecule has 0 bridgehead atoms. The quantitative estimate of drug-likeness (QED) is 0.628. The van der Waals surface area contributed by atoms with E-state index in [0.29, 0.717) is 23.5 Å². The van der Waals surface area contributed by atoms with Crippen molar-refractivity contribution in [1.82, 2.24) is 14.6 Å². The van der Waals surface area contributed by atoms with Gasteiger partial charge in [0.1, 0.15) is 5.69 Å². The van der Waals surface area contributed by atoms with E-state index in [-0.39, 0.29) is 0 Å². The summed E-state index contributed by atoms with van der Waals surface area (Å²) in [6.45, 7) is 0. The molecule has 0 saturated carbocycles. The number of hydrogen-bond acceptors (Lipinski definition) is 4. The van der Waals surface area contributed by atoms with Crippen molar-refractivity contribution in [2.24, 2.45) is 0 Å². The topological polar surface area (TPSA) is 56.5 Å². The number of nitrogens with zero attached hydrogens (tertiary/aromatic N) is 3. The molecule has 13 heavy (non-hydrogen) atoms. The summed E-state index contributed by atoms with van der Waals surface area (Å²) in [6, 6.07) is 3.27. The Kier molecular flexibility index (Phi) is 1.70. The Hall–Kier alpha value is -1.91. The number of aldehydes is 1. The number of carbonyl (C=O) groups excluding carboxylic acids is 1. The van der Waals surface area contributed by atoms with Crippen molar-refractivity contribution in [2.75, 3.05) is 7.11 Å². The van der Waals surface area contributed by atoms with Gasteiger partial charge in [0, 0.05) is 18.3 Å². The summed E-state index contributed by atoms with van der Waals surface area (Å²) < 4.78 is 6.44. The molecule has 2 rings (SSSR count). The Bertz CT molecular complexity index is 450. The van der Waals surface area contributed by atoms with Gasteiger partial charge in [0.2, 0.25) is 5.88 Å². The standard InChI is InChI=1S/C8H7N3O2/c1-13-8-2-3-11-7(9-8)4-6(5-12)10-11/h2-5H,1H3. The zero-order valence-electron chi connectivity index (χ0n) is 6.97. The molecule has 0 N–H and O–H groups in total. The summed E-state index contributed by atoms with van der Waals surface area (Å²) in [5.74, 6) is 0.504. The van der Waals surface area contributed by atoms with Crippen molar-refractivity contribution in [2.45, 2.75) is 0 Å². The molecule has 0 aromatic carbocycles. The SMILES string of the molecule is COc1ccn2nc(C=O)cc2n1. The van der Waals surface area contributed by atoms with Crippen LogP contribution >= 0.6 is 0 Å². The number of carbonyl (C=O) groups is 1. The fourth-order valence-electron chi connectivity index (χ4n) is 1.05. The third-order valence-corrected chi connectivity index (χ3v) is 1.65. The first-order valence-electron chi connectivity index (χ1n) is 3.69. The maximum Gasteiger partial charge on any atom is 0.216 e. The molecule has 0 aliphatic carbocycles. The zero-order chi connectivity index (χ0) is 9.26. The molecular weight excluding hydrogens is 170 g/mol. The third kappa shape index (κ3) is 1.24. The number of hydrogen-bond donors (Lipinski definition) is 0. The molecule has 0 atom stereocenters. The van der Waals surface area contributed by atoms with Gasteiger partial charge in [-0.3, -0.25) is 4.79 Å². The van der Waals surface area contributed by atoms with Crippen LogP contribution in [0.4, 0.5) is 0 Å². The molecule has 0 fully saturated rings. The maximum absolute atomic E-state index is 10.4. The van der Waals surface area contributed by atoms with E-state index in [1.807, 2.05) is 0 Å². The lowest BCUT2D eigenvalue weighted by molar-refractivity contribution is 0.111. The molecule has 2 aromatic heterocycles. The largest absolute Gasteiger partial charge is 0.481 e. The lowest BCUT2D eigenvalue weighted by Crippen LogP contribution is -1.92. The predicted octanol–water partition coefficient (Wildman–Crippen LogP) is 0.550. The van der Waals surface area contributed by atoms with Crippen LogP contribution in [0.15, 0.2) is 18.3 Å². The van der Waals surface area contributed by atoms with E-state index in [0.717, 1.165) is 0 Å². The van der Waals surface area contributed by atoms with Crippen LogP contribution in [0.3, 0.4) is 0 Å². The average Bonchev–Trinajstić information content (AvgIpc) is 2.58. The van der Waals surface area contributed by atoms with Crippen molar-refractivity contribution in [1.29, 1.82) is 0 Å². The van der Waals surface area contributed by atoms with Gasteiger partial charge in [-0.2, -0.15) is 10.1 Å². The lowest BCUT2D eigenvalue weighted by Gasteiger charge is -1.96. The van der Waals surface area contributed by atoms with E-state index in [1.165, 1.54) is 11.6 Å². The van der Waals surface area contributed by atoms with E-state index in [1.54, 1.807) is 18.3 Å². The van der Waals surface area contributed by atoms with Crippen LogP contribution < -0.4 is 4.74 Å². The number of fused-ring (bicyclic) bond motifs is 1. The van der Waals surface area contributed by atoms with E-state index in [4.69, 9.17) is 4.74 Å². The van der Waals surface area contributed by atoms with Gasteiger partial charge in [0.05, 0.1) is 7.11 Å². The number of methoxy groups -OCH3 is 1. The van der Waals surface area contributed by atoms with Crippen molar-refractivity contribution in [3.63, 3.8) is 0 Å². The Balaban J connectivity index is 2.63. The second-order valence-corrected chi connectivity index (χ2v) is 2.46. The highest BCUT2D eigenvalue weighted by atomic mass is 16.5. The Morgan fingerprint density at radius 3 is 3.15 bits per heavy atom. The van der Waals surface area contributed by atoms with Crippen LogP contribution in [0.5, 0.6) is 5.88 Å². The molecule has 0 aliphatic heterocycles. The summed E-state index contributed by atoms with van der Waals surface area (Å²) in [4.78, 5) is 14.5. The fraction of sp³-hybridized carbons (Fsp3) is 0.125. The molecule has 2 aromatic rings. The molecular formula is C8H7N3O2. The van der Waals surface area contributed by atoms with Gasteiger partial charge in [-0.15, -0.1) is 0 Å². The highest BCUT2D eigenvalue weighted by molar-refractivity contribution is 5.74. The first-order chi connectivity index (χ1) is 6.33. The smallest absolute Gasteiger partial charge is 0.216 e. The maximum atomic E-state index is 10.4. The van der Waals surface area contributed by atoms with E-state index < -0.39 is 0 Å². The summed E-state index contributed by atoms with van der Waals surface area (Å²) in [6.07, 6.45) is 2.37. The Morgan fingerprint density at radius 1 is 1.62 bits per heavy atom. The lowest BCUT2D eigenvalue weighted by atomic mass is 10.5. The average molecular weight is 177 g/mol. The van der Waals surface area contributed by atoms with E-state index in [9.17, 15) is 4.79 Å². The molecule has 0 unspecified atom stereocenters. The van der Waals surface area contributed by atoms with E-state index >= 15 is 0 Å². The second-order valence-electron chi connectivity index (χ2n) is 2.46. The molecule has 0 amide bonds. The molecule has 0 spiro atoms. The van der Waals surface area contributed by atoms with Gasteiger partial charge >= 0.3 is 0 Å². The summed E-state index contributed by atoms with van der Waals surface area (Å²) in [7, 11) is 1.54. The third-order valence-electron chi connectivity index (χ3n) is 1.65. The highest BCUT2D eigenvalue weighted by Crippen LogP contribution is 2.08. The number of rotatable bonds is 2.